The van der Waals surface area contributed by atoms with Crippen molar-refractivity contribution < 1.29 is 19.1 Å². The van der Waals surface area contributed by atoms with Crippen molar-refractivity contribution in [2.75, 3.05) is 19.8 Å². The van der Waals surface area contributed by atoms with Gasteiger partial charge in [0.05, 0.1) is 36.4 Å². The third-order valence-corrected chi connectivity index (χ3v) is 6.84. The molecule has 0 spiro atoms. The summed E-state index contributed by atoms with van der Waals surface area (Å²) in [6, 6.07) is 1.65. The summed E-state index contributed by atoms with van der Waals surface area (Å²) in [6.45, 7) is 5.22. The van der Waals surface area contributed by atoms with E-state index in [1.54, 1.807) is 18.3 Å². The first-order chi connectivity index (χ1) is 14.6. The Labute approximate surface area is 184 Å². The summed E-state index contributed by atoms with van der Waals surface area (Å²) >= 11 is 3.05. The monoisotopic (exact) mass is 447 g/mol. The number of carbonyl (C=O) groups is 2. The van der Waals surface area contributed by atoms with E-state index in [2.05, 4.69) is 10.3 Å². The molecule has 0 radical (unpaired) electrons. The Hall–Kier alpha value is -2.10. The minimum Gasteiger partial charge on any atom is -0.463 e. The number of fused-ring (bicyclic) bond motifs is 1. The van der Waals surface area contributed by atoms with E-state index in [-0.39, 0.29) is 30.4 Å². The first kappa shape index (κ1) is 21.1. The molecule has 1 aromatic rings. The molecular formula is C21H25N3O4S2. The number of rotatable bonds is 7. The fourth-order valence-corrected chi connectivity index (χ4v) is 5.49. The van der Waals surface area contributed by atoms with Gasteiger partial charge in [-0.3, -0.25) is 4.79 Å². The molecule has 9 heteroatoms. The van der Waals surface area contributed by atoms with Crippen LogP contribution in [0.1, 0.15) is 44.7 Å². The molecule has 0 bridgehead atoms. The van der Waals surface area contributed by atoms with Crippen molar-refractivity contribution in [3.63, 3.8) is 0 Å². The van der Waals surface area contributed by atoms with Crippen LogP contribution in [-0.4, -0.2) is 47.8 Å². The molecule has 4 rings (SSSR count). The minimum atomic E-state index is -0.368. The van der Waals surface area contributed by atoms with Crippen molar-refractivity contribution in [3.05, 3.63) is 44.8 Å². The zero-order chi connectivity index (χ0) is 21.1. The van der Waals surface area contributed by atoms with E-state index in [0.717, 1.165) is 35.9 Å². The molecule has 0 aliphatic carbocycles. The van der Waals surface area contributed by atoms with Crippen molar-refractivity contribution in [1.82, 2.24) is 10.2 Å². The van der Waals surface area contributed by atoms with Crippen LogP contribution in [0, 0.1) is 0 Å². The van der Waals surface area contributed by atoms with Crippen LogP contribution in [0.4, 0.5) is 0 Å². The van der Waals surface area contributed by atoms with Crippen molar-refractivity contribution in [2.24, 2.45) is 4.99 Å². The molecule has 3 aliphatic rings. The minimum absolute atomic E-state index is 0.0633. The van der Waals surface area contributed by atoms with E-state index in [1.807, 2.05) is 34.1 Å². The first-order valence-electron chi connectivity index (χ1n) is 10.1. The third-order valence-electron chi connectivity index (χ3n) is 5.25. The molecule has 3 aliphatic heterocycles. The highest BCUT2D eigenvalue weighted by atomic mass is 32.2. The lowest BCUT2D eigenvalue weighted by molar-refractivity contribution is -0.139. The highest BCUT2D eigenvalue weighted by molar-refractivity contribution is 8.16. The fourth-order valence-electron chi connectivity index (χ4n) is 3.85. The summed E-state index contributed by atoms with van der Waals surface area (Å²) in [5, 5.41) is 9.72. The van der Waals surface area contributed by atoms with Gasteiger partial charge in [-0.25, -0.2) is 9.79 Å². The van der Waals surface area contributed by atoms with Crippen LogP contribution in [0.5, 0.6) is 0 Å². The smallest absolute Gasteiger partial charge is 0.338 e. The van der Waals surface area contributed by atoms with E-state index < -0.39 is 0 Å². The molecular weight excluding hydrogens is 422 g/mol. The largest absolute Gasteiger partial charge is 0.463 e. The maximum absolute atomic E-state index is 12.8. The van der Waals surface area contributed by atoms with Gasteiger partial charge >= 0.3 is 5.97 Å². The van der Waals surface area contributed by atoms with E-state index in [0.29, 0.717) is 24.4 Å². The normalized spacial score (nSPS) is 23.2. The number of aliphatic imine (C=N–C) groups is 1. The predicted molar refractivity (Wildman–Crippen MR) is 118 cm³/mol. The van der Waals surface area contributed by atoms with Crippen molar-refractivity contribution in [1.29, 1.82) is 0 Å². The van der Waals surface area contributed by atoms with Gasteiger partial charge in [0.2, 0.25) is 5.91 Å². The van der Waals surface area contributed by atoms with Crippen LogP contribution in [0.2, 0.25) is 0 Å². The number of hydrogen-bond donors (Lipinski definition) is 1. The SMILES string of the molecule is CCOC(=O)C1=C(C)N=C2SC=C(CC(=O)NC[C@@H]3CCCO3)N2[C@H]1c1ccsc1. The number of thiophene rings is 1. The van der Waals surface area contributed by atoms with Crippen molar-refractivity contribution in [3.8, 4) is 0 Å². The van der Waals surface area contributed by atoms with Gasteiger partial charge in [0.1, 0.15) is 0 Å². The van der Waals surface area contributed by atoms with Gasteiger partial charge in [-0.15, -0.1) is 0 Å². The molecule has 1 saturated heterocycles. The molecule has 0 aromatic carbocycles. The van der Waals surface area contributed by atoms with Crippen LogP contribution in [0.15, 0.2) is 44.2 Å². The maximum atomic E-state index is 12.8. The number of amidine groups is 1. The molecule has 1 N–H and O–H groups in total. The zero-order valence-electron chi connectivity index (χ0n) is 17.1. The number of amides is 1. The summed E-state index contributed by atoms with van der Waals surface area (Å²) in [6.07, 6.45) is 2.34. The second-order valence-corrected chi connectivity index (χ2v) is 8.90. The number of esters is 1. The standard InChI is InChI=1S/C21H25N3O4S2/c1-3-27-20(26)18-13(2)23-21-24(19(18)14-6-8-29-11-14)15(12-30-21)9-17(25)22-10-16-5-4-7-28-16/h6,8,11-12,16,19H,3-5,7,9-10H2,1-2H3,(H,22,25)/t16-,19-/m0/s1. The number of thioether (sulfide) groups is 1. The van der Waals surface area contributed by atoms with Gasteiger partial charge in [-0.1, -0.05) is 11.8 Å². The molecule has 7 nitrogen and oxygen atoms in total. The highest BCUT2D eigenvalue weighted by Gasteiger charge is 2.41. The summed E-state index contributed by atoms with van der Waals surface area (Å²) in [7, 11) is 0. The van der Waals surface area contributed by atoms with Crippen molar-refractivity contribution in [2.45, 2.75) is 45.3 Å². The van der Waals surface area contributed by atoms with Gasteiger partial charge in [-0.05, 0) is 54.5 Å². The molecule has 0 saturated carbocycles. The van der Waals surface area contributed by atoms with Gasteiger partial charge in [0, 0.05) is 18.8 Å². The van der Waals surface area contributed by atoms with Crippen LogP contribution in [0.3, 0.4) is 0 Å². The van der Waals surface area contributed by atoms with E-state index in [4.69, 9.17) is 9.47 Å². The quantitative estimate of drug-likeness (QED) is 0.644. The van der Waals surface area contributed by atoms with Crippen LogP contribution >= 0.6 is 23.1 Å². The number of ether oxygens (including phenoxy) is 2. The lowest BCUT2D eigenvalue weighted by Crippen LogP contribution is -2.38. The molecule has 4 heterocycles. The Bertz CT molecular complexity index is 901. The number of allylic oxidation sites excluding steroid dienone is 1. The average Bonchev–Trinajstić information content (AvgIpc) is 3.48. The summed E-state index contributed by atoms with van der Waals surface area (Å²) in [5.74, 6) is -0.431. The van der Waals surface area contributed by atoms with Crippen LogP contribution < -0.4 is 5.32 Å². The third kappa shape index (κ3) is 4.33. The van der Waals surface area contributed by atoms with Crippen LogP contribution in [-0.2, 0) is 19.1 Å². The first-order valence-corrected chi connectivity index (χ1v) is 11.9. The molecule has 1 fully saturated rings. The van der Waals surface area contributed by atoms with Gasteiger partial charge < -0.3 is 19.7 Å². The average molecular weight is 448 g/mol. The lowest BCUT2D eigenvalue weighted by Gasteiger charge is -2.35. The maximum Gasteiger partial charge on any atom is 0.338 e. The second-order valence-electron chi connectivity index (χ2n) is 7.29. The topological polar surface area (TPSA) is 80.2 Å². The summed E-state index contributed by atoms with van der Waals surface area (Å²) in [4.78, 5) is 32.0. The Morgan fingerprint density at radius 3 is 3.00 bits per heavy atom. The zero-order valence-corrected chi connectivity index (χ0v) is 18.7. The molecule has 160 valence electrons. The number of carbonyl (C=O) groups excluding carboxylic acids is 2. The Morgan fingerprint density at radius 1 is 1.43 bits per heavy atom. The van der Waals surface area contributed by atoms with Gasteiger partial charge in [-0.2, -0.15) is 11.3 Å². The number of nitrogens with one attached hydrogen (secondary N) is 1. The van der Waals surface area contributed by atoms with E-state index in [9.17, 15) is 9.59 Å². The predicted octanol–water partition coefficient (Wildman–Crippen LogP) is 3.57. The number of nitrogens with zero attached hydrogens (tertiary/aromatic N) is 2. The second kappa shape index (κ2) is 9.36. The summed E-state index contributed by atoms with van der Waals surface area (Å²) in [5.41, 5.74) is 2.99. The number of hydrogen-bond acceptors (Lipinski definition) is 8. The molecule has 1 aromatic heterocycles. The van der Waals surface area contributed by atoms with Gasteiger partial charge in [0.15, 0.2) is 5.17 Å². The van der Waals surface area contributed by atoms with E-state index >= 15 is 0 Å². The van der Waals surface area contributed by atoms with Gasteiger partial charge in [0.25, 0.3) is 0 Å². The van der Waals surface area contributed by atoms with E-state index in [1.165, 1.54) is 11.8 Å². The highest BCUT2D eigenvalue weighted by Crippen LogP contribution is 2.45. The molecule has 30 heavy (non-hydrogen) atoms. The molecule has 0 unspecified atom stereocenters. The Kier molecular flexibility index (Phi) is 6.60. The lowest BCUT2D eigenvalue weighted by atomic mass is 9.96. The van der Waals surface area contributed by atoms with Crippen molar-refractivity contribution >= 4 is 40.1 Å². The molecule has 2 atom stereocenters. The molecule has 1 amide bonds. The Balaban J connectivity index is 1.55. The summed E-state index contributed by atoms with van der Waals surface area (Å²) < 4.78 is 10.9. The Morgan fingerprint density at radius 2 is 2.30 bits per heavy atom. The fraction of sp³-hybridized carbons (Fsp3) is 0.476. The van der Waals surface area contributed by atoms with Crippen LogP contribution in [0.25, 0.3) is 0 Å².